The lowest BCUT2D eigenvalue weighted by Gasteiger charge is -2.27. The van der Waals surface area contributed by atoms with E-state index < -0.39 is 11.9 Å². The van der Waals surface area contributed by atoms with E-state index in [1.165, 1.54) is 17.0 Å². The van der Waals surface area contributed by atoms with E-state index in [4.69, 9.17) is 11.5 Å². The summed E-state index contributed by atoms with van der Waals surface area (Å²) in [4.78, 5) is 25.1. The number of nitrogens with zero attached hydrogens (tertiary/aromatic N) is 2. The van der Waals surface area contributed by atoms with Crippen molar-refractivity contribution in [3.8, 4) is 11.1 Å². The van der Waals surface area contributed by atoms with E-state index in [1.54, 1.807) is 6.07 Å². The number of carbonyl (C=O) groups is 2. The molecule has 25 heavy (non-hydrogen) atoms. The monoisotopic (exact) mass is 344 g/mol. The predicted molar refractivity (Wildman–Crippen MR) is 92.3 cm³/mol. The van der Waals surface area contributed by atoms with Crippen LogP contribution in [0.3, 0.4) is 0 Å². The summed E-state index contributed by atoms with van der Waals surface area (Å²) in [6, 6.07) is 4.03. The number of fused-ring (bicyclic) bond motifs is 1. The standard InChI is InChI=1S/C18H21FN4O2/c1-2-3-11-8-12(19)4-5-13(11)14-9-22-6-7-23(18(21)25)10-15(22)16(14)17(20)24/h4-5,8-9H,2-3,6-7,10H2,1H3,(H2,20,24)(H2,21,25). The Bertz CT molecular complexity index is 844. The minimum absolute atomic E-state index is 0.234. The van der Waals surface area contributed by atoms with Gasteiger partial charge in [0.05, 0.1) is 17.8 Å². The molecule has 0 spiro atoms. The first-order valence-corrected chi connectivity index (χ1v) is 8.27. The second-order valence-electron chi connectivity index (χ2n) is 6.23. The molecule has 0 radical (unpaired) electrons. The van der Waals surface area contributed by atoms with Crippen molar-refractivity contribution in [1.82, 2.24) is 9.47 Å². The SMILES string of the molecule is CCCc1cc(F)ccc1-c1cn2c(c1C(N)=O)CN(C(N)=O)CC2. The zero-order valence-electron chi connectivity index (χ0n) is 14.1. The van der Waals surface area contributed by atoms with Crippen molar-refractivity contribution in [3.63, 3.8) is 0 Å². The number of rotatable bonds is 4. The summed E-state index contributed by atoms with van der Waals surface area (Å²) in [5.41, 5.74) is 14.3. The highest BCUT2D eigenvalue weighted by Gasteiger charge is 2.28. The van der Waals surface area contributed by atoms with E-state index in [0.29, 0.717) is 36.3 Å². The molecule has 0 atom stereocenters. The third kappa shape index (κ3) is 3.09. The molecule has 0 unspecified atom stereocenters. The fourth-order valence-corrected chi connectivity index (χ4v) is 3.42. The van der Waals surface area contributed by atoms with Crippen LogP contribution in [0.15, 0.2) is 24.4 Å². The fraction of sp³-hybridized carbons (Fsp3) is 0.333. The second kappa shape index (κ2) is 6.58. The van der Waals surface area contributed by atoms with Crippen molar-refractivity contribution in [2.45, 2.75) is 32.9 Å². The van der Waals surface area contributed by atoms with Gasteiger partial charge in [-0.25, -0.2) is 9.18 Å². The Balaban J connectivity index is 2.16. The van der Waals surface area contributed by atoms with Crippen LogP contribution in [0.5, 0.6) is 0 Å². The molecule has 2 aromatic rings. The lowest BCUT2D eigenvalue weighted by molar-refractivity contribution is 0.0997. The number of amides is 3. The van der Waals surface area contributed by atoms with Crippen molar-refractivity contribution in [2.24, 2.45) is 11.5 Å². The topological polar surface area (TPSA) is 94.3 Å². The van der Waals surface area contributed by atoms with Gasteiger partial charge < -0.3 is 20.9 Å². The predicted octanol–water partition coefficient (Wildman–Crippen LogP) is 2.24. The number of hydrogen-bond donors (Lipinski definition) is 2. The van der Waals surface area contributed by atoms with Crippen LogP contribution in [0.1, 0.15) is 35.0 Å². The Morgan fingerprint density at radius 3 is 2.60 bits per heavy atom. The van der Waals surface area contributed by atoms with Gasteiger partial charge in [-0.1, -0.05) is 19.4 Å². The Hall–Kier alpha value is -2.83. The molecule has 4 N–H and O–H groups in total. The van der Waals surface area contributed by atoms with E-state index in [-0.39, 0.29) is 12.4 Å². The molecule has 0 saturated carbocycles. The average molecular weight is 344 g/mol. The quantitative estimate of drug-likeness (QED) is 0.890. The van der Waals surface area contributed by atoms with Crippen molar-refractivity contribution < 1.29 is 14.0 Å². The Kier molecular flexibility index (Phi) is 4.48. The number of aryl methyl sites for hydroxylation is 1. The first-order valence-electron chi connectivity index (χ1n) is 8.27. The van der Waals surface area contributed by atoms with E-state index in [0.717, 1.165) is 17.5 Å². The van der Waals surface area contributed by atoms with E-state index >= 15 is 0 Å². The Labute approximate surface area is 145 Å². The molecule has 1 aliphatic rings. The van der Waals surface area contributed by atoms with Crippen molar-refractivity contribution in [1.29, 1.82) is 0 Å². The van der Waals surface area contributed by atoms with Gasteiger partial charge in [0.15, 0.2) is 0 Å². The molecule has 3 rings (SSSR count). The Morgan fingerprint density at radius 2 is 1.96 bits per heavy atom. The summed E-state index contributed by atoms with van der Waals surface area (Å²) in [7, 11) is 0. The number of nitrogens with two attached hydrogens (primary N) is 2. The van der Waals surface area contributed by atoms with Gasteiger partial charge in [0.1, 0.15) is 5.82 Å². The number of aromatic nitrogens is 1. The average Bonchev–Trinajstić information content (AvgIpc) is 2.93. The summed E-state index contributed by atoms with van der Waals surface area (Å²) in [6.07, 6.45) is 3.41. The highest BCUT2D eigenvalue weighted by molar-refractivity contribution is 6.01. The fourth-order valence-electron chi connectivity index (χ4n) is 3.42. The molecule has 7 heteroatoms. The number of urea groups is 1. The van der Waals surface area contributed by atoms with Gasteiger partial charge in [0.25, 0.3) is 5.91 Å². The first kappa shape index (κ1) is 17.0. The lowest BCUT2D eigenvalue weighted by Crippen LogP contribution is -2.41. The summed E-state index contributed by atoms with van der Waals surface area (Å²) in [6.45, 7) is 3.25. The molecular formula is C18H21FN4O2. The van der Waals surface area contributed by atoms with Crippen LogP contribution in [0.4, 0.5) is 9.18 Å². The van der Waals surface area contributed by atoms with Gasteiger partial charge in [-0.15, -0.1) is 0 Å². The summed E-state index contributed by atoms with van der Waals surface area (Å²) >= 11 is 0. The third-order valence-corrected chi connectivity index (χ3v) is 4.58. The minimum Gasteiger partial charge on any atom is -0.366 e. The number of carbonyl (C=O) groups excluding carboxylic acids is 2. The number of primary amides is 2. The lowest BCUT2D eigenvalue weighted by atomic mass is 9.95. The third-order valence-electron chi connectivity index (χ3n) is 4.58. The summed E-state index contributed by atoms with van der Waals surface area (Å²) in [5.74, 6) is -0.876. The molecule has 2 heterocycles. The molecule has 0 fully saturated rings. The summed E-state index contributed by atoms with van der Waals surface area (Å²) in [5, 5.41) is 0. The largest absolute Gasteiger partial charge is 0.366 e. The normalized spacial score (nSPS) is 13.6. The highest BCUT2D eigenvalue weighted by Crippen LogP contribution is 2.33. The molecular weight excluding hydrogens is 323 g/mol. The molecule has 0 bridgehead atoms. The van der Waals surface area contributed by atoms with Crippen LogP contribution in [0, 0.1) is 5.82 Å². The van der Waals surface area contributed by atoms with E-state index in [2.05, 4.69) is 0 Å². The molecule has 1 aliphatic heterocycles. The number of halogens is 1. The molecule has 0 saturated heterocycles. The van der Waals surface area contributed by atoms with Crippen molar-refractivity contribution >= 4 is 11.9 Å². The van der Waals surface area contributed by atoms with Crippen LogP contribution in [-0.2, 0) is 19.5 Å². The van der Waals surface area contributed by atoms with Gasteiger partial charge in [-0.3, -0.25) is 4.79 Å². The van der Waals surface area contributed by atoms with Crippen molar-refractivity contribution in [2.75, 3.05) is 6.54 Å². The zero-order valence-corrected chi connectivity index (χ0v) is 14.1. The maximum atomic E-state index is 13.7. The smallest absolute Gasteiger partial charge is 0.315 e. The van der Waals surface area contributed by atoms with Crippen LogP contribution in [-0.4, -0.2) is 28.0 Å². The molecule has 1 aromatic heterocycles. The molecule has 0 aliphatic carbocycles. The van der Waals surface area contributed by atoms with Crippen LogP contribution in [0.25, 0.3) is 11.1 Å². The second-order valence-corrected chi connectivity index (χ2v) is 6.23. The van der Waals surface area contributed by atoms with Gasteiger partial charge in [-0.2, -0.15) is 0 Å². The minimum atomic E-state index is -0.568. The van der Waals surface area contributed by atoms with Gasteiger partial charge >= 0.3 is 6.03 Å². The first-order chi connectivity index (χ1) is 11.9. The Morgan fingerprint density at radius 1 is 1.20 bits per heavy atom. The van der Waals surface area contributed by atoms with Crippen LogP contribution >= 0.6 is 0 Å². The highest BCUT2D eigenvalue weighted by atomic mass is 19.1. The number of benzene rings is 1. The van der Waals surface area contributed by atoms with Gasteiger partial charge in [0.2, 0.25) is 0 Å². The van der Waals surface area contributed by atoms with E-state index in [9.17, 15) is 14.0 Å². The van der Waals surface area contributed by atoms with Crippen LogP contribution < -0.4 is 11.5 Å². The van der Waals surface area contributed by atoms with Gasteiger partial charge in [-0.05, 0) is 29.7 Å². The van der Waals surface area contributed by atoms with Crippen LogP contribution in [0.2, 0.25) is 0 Å². The molecule has 6 nitrogen and oxygen atoms in total. The zero-order chi connectivity index (χ0) is 18.1. The molecule has 3 amide bonds. The maximum Gasteiger partial charge on any atom is 0.315 e. The number of hydrogen-bond acceptors (Lipinski definition) is 2. The summed E-state index contributed by atoms with van der Waals surface area (Å²) < 4.78 is 15.6. The van der Waals surface area contributed by atoms with E-state index in [1.807, 2.05) is 17.7 Å². The van der Waals surface area contributed by atoms with Gasteiger partial charge in [0, 0.05) is 24.8 Å². The molecule has 1 aromatic carbocycles. The maximum absolute atomic E-state index is 13.7. The molecule has 132 valence electrons. The van der Waals surface area contributed by atoms with Crippen molar-refractivity contribution in [3.05, 3.63) is 47.0 Å².